The lowest BCUT2D eigenvalue weighted by atomic mass is 10.2. The van der Waals surface area contributed by atoms with Crippen molar-refractivity contribution in [3.63, 3.8) is 0 Å². The number of halogens is 1. The molecule has 0 bridgehead atoms. The van der Waals surface area contributed by atoms with Crippen molar-refractivity contribution >= 4 is 35.0 Å². The fourth-order valence-corrected chi connectivity index (χ4v) is 3.75. The maximum Gasteiger partial charge on any atom is 0.271 e. The molecule has 1 heterocycles. The molecule has 0 aliphatic carbocycles. The number of benzene rings is 3. The molecule has 7 heteroatoms. The van der Waals surface area contributed by atoms with E-state index in [1.54, 1.807) is 54.6 Å². The highest BCUT2D eigenvalue weighted by atomic mass is 35.5. The first-order chi connectivity index (χ1) is 15.0. The van der Waals surface area contributed by atoms with Crippen molar-refractivity contribution < 1.29 is 4.79 Å². The maximum absolute atomic E-state index is 12.5. The van der Waals surface area contributed by atoms with Gasteiger partial charge in [0, 0.05) is 27.2 Å². The van der Waals surface area contributed by atoms with Crippen LogP contribution in [0.5, 0.6) is 0 Å². The second-order valence-electron chi connectivity index (χ2n) is 6.84. The van der Waals surface area contributed by atoms with Gasteiger partial charge in [-0.05, 0) is 73.7 Å². The third-order valence-corrected chi connectivity index (χ3v) is 5.68. The number of rotatable bonds is 5. The predicted molar refractivity (Wildman–Crippen MR) is 125 cm³/mol. The van der Waals surface area contributed by atoms with E-state index in [2.05, 4.69) is 10.4 Å². The number of nitrogens with one attached hydrogen (secondary N) is 1. The predicted octanol–water partition coefficient (Wildman–Crippen LogP) is 5.60. The number of carbonyl (C=O) groups is 1. The van der Waals surface area contributed by atoms with E-state index in [9.17, 15) is 9.59 Å². The van der Waals surface area contributed by atoms with E-state index >= 15 is 0 Å². The van der Waals surface area contributed by atoms with Crippen molar-refractivity contribution in [3.05, 3.63) is 111 Å². The van der Waals surface area contributed by atoms with Crippen LogP contribution in [-0.2, 0) is 0 Å². The summed E-state index contributed by atoms with van der Waals surface area (Å²) in [5, 5.41) is 8.58. The highest BCUT2D eigenvalue weighted by molar-refractivity contribution is 7.99. The fraction of sp³-hybridized carbons (Fsp3) is 0.0417. The van der Waals surface area contributed by atoms with E-state index in [1.165, 1.54) is 28.1 Å². The zero-order chi connectivity index (χ0) is 21.8. The second kappa shape index (κ2) is 9.20. The first-order valence-electron chi connectivity index (χ1n) is 9.50. The molecule has 154 valence electrons. The summed E-state index contributed by atoms with van der Waals surface area (Å²) in [6.07, 6.45) is 0. The van der Waals surface area contributed by atoms with E-state index in [4.69, 9.17) is 11.6 Å². The van der Waals surface area contributed by atoms with Crippen molar-refractivity contribution in [1.82, 2.24) is 9.78 Å². The molecule has 1 N–H and O–H groups in total. The lowest BCUT2D eigenvalue weighted by Gasteiger charge is -2.09. The molecule has 0 unspecified atom stereocenters. The zero-order valence-corrected chi connectivity index (χ0v) is 18.2. The Balaban J connectivity index is 1.52. The van der Waals surface area contributed by atoms with Crippen molar-refractivity contribution in [2.24, 2.45) is 0 Å². The van der Waals surface area contributed by atoms with Gasteiger partial charge in [0.15, 0.2) is 0 Å². The molecule has 5 nitrogen and oxygen atoms in total. The van der Waals surface area contributed by atoms with Crippen LogP contribution in [0.15, 0.2) is 99.6 Å². The van der Waals surface area contributed by atoms with Crippen LogP contribution in [0.4, 0.5) is 5.69 Å². The standard InChI is InChI=1S/C24H18ClN3O2S/c1-16-2-12-21(13-3-16)31-22-14-15-23(29)28(27-22)20-10-4-17(5-11-20)24(30)26-19-8-6-18(25)7-9-19/h2-15H,1H3,(H,26,30). The van der Waals surface area contributed by atoms with Gasteiger partial charge >= 0.3 is 0 Å². The number of anilines is 1. The Kier molecular flexibility index (Phi) is 6.21. The summed E-state index contributed by atoms with van der Waals surface area (Å²) in [5.74, 6) is -0.252. The van der Waals surface area contributed by atoms with Crippen LogP contribution >= 0.6 is 23.4 Å². The monoisotopic (exact) mass is 447 g/mol. The molecule has 1 amide bonds. The minimum atomic E-state index is -0.252. The quantitative estimate of drug-likeness (QED) is 0.432. The lowest BCUT2D eigenvalue weighted by Crippen LogP contribution is -2.20. The third-order valence-electron chi connectivity index (χ3n) is 4.50. The van der Waals surface area contributed by atoms with Crippen LogP contribution in [0.1, 0.15) is 15.9 Å². The number of hydrogen-bond donors (Lipinski definition) is 1. The van der Waals surface area contributed by atoms with Crippen molar-refractivity contribution in [1.29, 1.82) is 0 Å². The van der Waals surface area contributed by atoms with E-state index in [-0.39, 0.29) is 11.5 Å². The van der Waals surface area contributed by atoms with Gasteiger partial charge in [-0.2, -0.15) is 9.78 Å². The zero-order valence-electron chi connectivity index (χ0n) is 16.6. The van der Waals surface area contributed by atoms with Crippen LogP contribution < -0.4 is 10.9 Å². The van der Waals surface area contributed by atoms with Gasteiger partial charge in [-0.3, -0.25) is 9.59 Å². The molecule has 0 saturated carbocycles. The van der Waals surface area contributed by atoms with Gasteiger partial charge in [0.1, 0.15) is 5.03 Å². The summed E-state index contributed by atoms with van der Waals surface area (Å²) in [5.41, 5.74) is 2.64. The van der Waals surface area contributed by atoms with Crippen LogP contribution in [0.3, 0.4) is 0 Å². The Morgan fingerprint density at radius 2 is 1.58 bits per heavy atom. The summed E-state index contributed by atoms with van der Waals surface area (Å²) < 4.78 is 1.33. The Labute approximate surface area is 188 Å². The van der Waals surface area contributed by atoms with Crippen LogP contribution in [0, 0.1) is 6.92 Å². The summed E-state index contributed by atoms with van der Waals surface area (Å²) in [6.45, 7) is 2.03. The number of carbonyl (C=O) groups excluding carboxylic acids is 1. The summed E-state index contributed by atoms with van der Waals surface area (Å²) >= 11 is 7.35. The maximum atomic E-state index is 12.5. The Morgan fingerprint density at radius 3 is 2.26 bits per heavy atom. The highest BCUT2D eigenvalue weighted by Gasteiger charge is 2.09. The van der Waals surface area contributed by atoms with Crippen molar-refractivity contribution in [2.75, 3.05) is 5.32 Å². The molecule has 31 heavy (non-hydrogen) atoms. The molecule has 4 aromatic rings. The summed E-state index contributed by atoms with van der Waals surface area (Å²) in [6, 6.07) is 24.9. The minimum Gasteiger partial charge on any atom is -0.322 e. The van der Waals surface area contributed by atoms with Gasteiger partial charge in [0.25, 0.3) is 11.5 Å². The van der Waals surface area contributed by atoms with Gasteiger partial charge in [-0.1, -0.05) is 41.1 Å². The minimum absolute atomic E-state index is 0.244. The lowest BCUT2D eigenvalue weighted by molar-refractivity contribution is 0.102. The Bertz CT molecular complexity index is 1270. The van der Waals surface area contributed by atoms with E-state index in [0.29, 0.717) is 27.0 Å². The molecule has 3 aromatic carbocycles. The molecule has 0 radical (unpaired) electrons. The second-order valence-corrected chi connectivity index (χ2v) is 8.37. The fourth-order valence-electron chi connectivity index (χ4n) is 2.85. The molecule has 4 rings (SSSR count). The van der Waals surface area contributed by atoms with Crippen molar-refractivity contribution in [2.45, 2.75) is 16.8 Å². The number of aromatic nitrogens is 2. The van der Waals surface area contributed by atoms with Crippen molar-refractivity contribution in [3.8, 4) is 5.69 Å². The van der Waals surface area contributed by atoms with E-state index in [0.717, 1.165) is 4.90 Å². The number of amides is 1. The summed E-state index contributed by atoms with van der Waals surface area (Å²) in [7, 11) is 0. The van der Waals surface area contributed by atoms with Gasteiger partial charge in [0.2, 0.25) is 0 Å². The van der Waals surface area contributed by atoms with Crippen LogP contribution in [-0.4, -0.2) is 15.7 Å². The molecule has 0 aliphatic heterocycles. The molecule has 1 aromatic heterocycles. The SMILES string of the molecule is Cc1ccc(Sc2ccc(=O)n(-c3ccc(C(=O)Nc4ccc(Cl)cc4)cc3)n2)cc1. The molecule has 0 aliphatic rings. The largest absolute Gasteiger partial charge is 0.322 e. The smallest absolute Gasteiger partial charge is 0.271 e. The Hall–Kier alpha value is -3.35. The van der Waals surface area contributed by atoms with Gasteiger partial charge in [0.05, 0.1) is 5.69 Å². The van der Waals surface area contributed by atoms with E-state index < -0.39 is 0 Å². The normalized spacial score (nSPS) is 10.6. The molecule has 0 atom stereocenters. The third kappa shape index (κ3) is 5.23. The first-order valence-corrected chi connectivity index (χ1v) is 10.7. The first kappa shape index (κ1) is 20.9. The Morgan fingerprint density at radius 1 is 0.903 bits per heavy atom. The van der Waals surface area contributed by atoms with E-state index in [1.807, 2.05) is 31.2 Å². The van der Waals surface area contributed by atoms with Crippen LogP contribution in [0.25, 0.3) is 5.69 Å². The number of aryl methyl sites for hydroxylation is 1. The molecule has 0 saturated heterocycles. The van der Waals surface area contributed by atoms with Gasteiger partial charge in [-0.25, -0.2) is 0 Å². The average molecular weight is 448 g/mol. The number of hydrogen-bond acceptors (Lipinski definition) is 4. The topological polar surface area (TPSA) is 64.0 Å². The molecule has 0 fully saturated rings. The average Bonchev–Trinajstić information content (AvgIpc) is 2.78. The number of nitrogens with zero attached hydrogens (tertiary/aromatic N) is 2. The molecular formula is C24H18ClN3O2S. The highest BCUT2D eigenvalue weighted by Crippen LogP contribution is 2.25. The summed E-state index contributed by atoms with van der Waals surface area (Å²) in [4.78, 5) is 25.9. The van der Waals surface area contributed by atoms with Gasteiger partial charge < -0.3 is 5.32 Å². The molecule has 0 spiro atoms. The van der Waals surface area contributed by atoms with Gasteiger partial charge in [-0.15, -0.1) is 0 Å². The molecular weight excluding hydrogens is 430 g/mol. The van der Waals surface area contributed by atoms with Crippen LogP contribution in [0.2, 0.25) is 5.02 Å².